The number of halogens is 1. The highest BCUT2D eigenvalue weighted by molar-refractivity contribution is 7.15. The summed E-state index contributed by atoms with van der Waals surface area (Å²) < 4.78 is 13.1. The smallest absolute Gasteiger partial charge is 0.238 e. The van der Waals surface area contributed by atoms with Gasteiger partial charge in [0.05, 0.1) is 12.2 Å². The lowest BCUT2D eigenvalue weighted by atomic mass is 10.2. The van der Waals surface area contributed by atoms with E-state index in [1.54, 1.807) is 12.1 Å². The van der Waals surface area contributed by atoms with Gasteiger partial charge in [0.15, 0.2) is 5.13 Å². The van der Waals surface area contributed by atoms with E-state index >= 15 is 0 Å². The largest absolute Gasteiger partial charge is 0.325 e. The van der Waals surface area contributed by atoms with Gasteiger partial charge in [-0.05, 0) is 18.2 Å². The average Bonchev–Trinajstić information content (AvgIpc) is 2.87. The van der Waals surface area contributed by atoms with Gasteiger partial charge in [-0.1, -0.05) is 6.07 Å². The van der Waals surface area contributed by atoms with Crippen molar-refractivity contribution in [2.24, 2.45) is 0 Å². The summed E-state index contributed by atoms with van der Waals surface area (Å²) in [6, 6.07) is 5.82. The van der Waals surface area contributed by atoms with Crippen molar-refractivity contribution in [3.05, 3.63) is 40.7 Å². The molecule has 1 aromatic heterocycles. The number of hydrogen-bond donors (Lipinski definition) is 2. The molecule has 0 aliphatic carbocycles. The van der Waals surface area contributed by atoms with E-state index in [0.29, 0.717) is 23.9 Å². The molecule has 0 saturated carbocycles. The Morgan fingerprint density at radius 2 is 2.21 bits per heavy atom. The van der Waals surface area contributed by atoms with Gasteiger partial charge in [-0.15, -0.1) is 11.3 Å². The van der Waals surface area contributed by atoms with Gasteiger partial charge in [0.25, 0.3) is 0 Å². The molecular weight excluding hydrogens is 331 g/mol. The Kier molecular flexibility index (Phi) is 4.86. The Bertz CT molecular complexity index is 777. The number of fused-ring (bicyclic) bond motifs is 1. The highest BCUT2D eigenvalue weighted by Gasteiger charge is 2.22. The fourth-order valence-electron chi connectivity index (χ4n) is 2.56. The molecule has 8 heteroatoms. The lowest BCUT2D eigenvalue weighted by Gasteiger charge is -2.25. The van der Waals surface area contributed by atoms with Gasteiger partial charge >= 0.3 is 0 Å². The van der Waals surface area contributed by atoms with Crippen LogP contribution in [-0.2, 0) is 22.6 Å². The van der Waals surface area contributed by atoms with E-state index in [4.69, 9.17) is 0 Å². The Morgan fingerprint density at radius 3 is 2.96 bits per heavy atom. The second kappa shape index (κ2) is 7.06. The molecule has 1 aliphatic heterocycles. The zero-order valence-corrected chi connectivity index (χ0v) is 14.0. The van der Waals surface area contributed by atoms with E-state index < -0.39 is 0 Å². The van der Waals surface area contributed by atoms with Crippen LogP contribution in [0.3, 0.4) is 0 Å². The molecule has 126 valence electrons. The van der Waals surface area contributed by atoms with Crippen LogP contribution in [0.5, 0.6) is 0 Å². The van der Waals surface area contributed by atoms with Gasteiger partial charge in [0, 0.05) is 37.0 Å². The first-order valence-corrected chi connectivity index (χ1v) is 8.35. The van der Waals surface area contributed by atoms with Crippen LogP contribution < -0.4 is 10.6 Å². The maximum absolute atomic E-state index is 13.1. The van der Waals surface area contributed by atoms with Crippen LogP contribution >= 0.6 is 11.3 Å². The summed E-state index contributed by atoms with van der Waals surface area (Å²) in [7, 11) is 0. The predicted molar refractivity (Wildman–Crippen MR) is 90.4 cm³/mol. The number of nitrogens with zero attached hydrogens (tertiary/aromatic N) is 2. The number of benzene rings is 1. The van der Waals surface area contributed by atoms with Crippen LogP contribution in [0.2, 0.25) is 0 Å². The SMILES string of the molecule is CC(=O)Nc1nc2c(s1)CN(CC(=O)Nc1cccc(F)c1)CC2. The molecule has 0 radical (unpaired) electrons. The number of rotatable bonds is 4. The number of nitrogens with one attached hydrogen (secondary N) is 2. The summed E-state index contributed by atoms with van der Waals surface area (Å²) in [5.41, 5.74) is 1.42. The molecule has 2 aromatic rings. The molecule has 2 heterocycles. The molecular formula is C16H17FN4O2S. The normalized spacial score (nSPS) is 14.1. The van der Waals surface area contributed by atoms with Crippen molar-refractivity contribution in [1.82, 2.24) is 9.88 Å². The molecule has 6 nitrogen and oxygen atoms in total. The molecule has 1 aliphatic rings. The van der Waals surface area contributed by atoms with E-state index in [-0.39, 0.29) is 24.2 Å². The lowest BCUT2D eigenvalue weighted by molar-refractivity contribution is -0.117. The minimum atomic E-state index is -0.384. The molecule has 0 spiro atoms. The Morgan fingerprint density at radius 1 is 1.38 bits per heavy atom. The highest BCUT2D eigenvalue weighted by Crippen LogP contribution is 2.28. The minimum Gasteiger partial charge on any atom is -0.325 e. The second-order valence-electron chi connectivity index (χ2n) is 5.59. The third-order valence-electron chi connectivity index (χ3n) is 3.57. The summed E-state index contributed by atoms with van der Waals surface area (Å²) in [6.45, 7) is 3.00. The summed E-state index contributed by atoms with van der Waals surface area (Å²) in [4.78, 5) is 30.7. The van der Waals surface area contributed by atoms with Gasteiger partial charge in [0.2, 0.25) is 11.8 Å². The van der Waals surface area contributed by atoms with Crippen molar-refractivity contribution in [3.8, 4) is 0 Å². The van der Waals surface area contributed by atoms with Crippen molar-refractivity contribution < 1.29 is 14.0 Å². The predicted octanol–water partition coefficient (Wildman–Crippen LogP) is 2.24. The van der Waals surface area contributed by atoms with Gasteiger partial charge in [-0.2, -0.15) is 0 Å². The first kappa shape index (κ1) is 16.5. The van der Waals surface area contributed by atoms with Gasteiger partial charge in [-0.3, -0.25) is 14.5 Å². The summed E-state index contributed by atoms with van der Waals surface area (Å²) in [5.74, 6) is -0.714. The number of anilines is 2. The lowest BCUT2D eigenvalue weighted by Crippen LogP contribution is -2.36. The molecule has 0 fully saturated rings. The van der Waals surface area contributed by atoms with Crippen molar-refractivity contribution in [2.45, 2.75) is 19.9 Å². The number of aromatic nitrogens is 1. The molecule has 2 N–H and O–H groups in total. The van der Waals surface area contributed by atoms with Gasteiger partial charge in [-0.25, -0.2) is 9.37 Å². The van der Waals surface area contributed by atoms with Crippen molar-refractivity contribution in [3.63, 3.8) is 0 Å². The van der Waals surface area contributed by atoms with Crippen molar-refractivity contribution >= 4 is 34.0 Å². The summed E-state index contributed by atoms with van der Waals surface area (Å²) in [6.07, 6.45) is 0.735. The second-order valence-corrected chi connectivity index (χ2v) is 6.67. The molecule has 0 saturated heterocycles. The summed E-state index contributed by atoms with van der Waals surface area (Å²) >= 11 is 1.43. The standard InChI is InChI=1S/C16H17FN4O2S/c1-10(22)18-16-20-13-5-6-21(8-14(13)24-16)9-15(23)19-12-4-2-3-11(17)7-12/h2-4,7H,5-6,8-9H2,1H3,(H,19,23)(H,18,20,22). The third-order valence-corrected chi connectivity index (χ3v) is 4.57. The number of carbonyl (C=O) groups is 2. The van der Waals surface area contributed by atoms with E-state index in [1.165, 1.54) is 30.4 Å². The highest BCUT2D eigenvalue weighted by atomic mass is 32.1. The molecule has 2 amide bonds. The topological polar surface area (TPSA) is 74.3 Å². The van der Waals surface area contributed by atoms with Crippen LogP contribution in [0.25, 0.3) is 0 Å². The number of hydrogen-bond acceptors (Lipinski definition) is 5. The number of thiazole rings is 1. The van der Waals surface area contributed by atoms with Crippen LogP contribution in [0, 0.1) is 5.82 Å². The Labute approximate surface area is 142 Å². The number of carbonyl (C=O) groups excluding carboxylic acids is 2. The van der Waals surface area contributed by atoms with Gasteiger partial charge in [0.1, 0.15) is 5.82 Å². The Balaban J connectivity index is 1.58. The summed E-state index contributed by atoms with van der Waals surface area (Å²) in [5, 5.41) is 5.98. The van der Waals surface area contributed by atoms with Crippen LogP contribution in [-0.4, -0.2) is 34.8 Å². The maximum Gasteiger partial charge on any atom is 0.238 e. The molecule has 3 rings (SSSR count). The van der Waals surface area contributed by atoms with Gasteiger partial charge < -0.3 is 10.6 Å². The van der Waals surface area contributed by atoms with Crippen molar-refractivity contribution in [2.75, 3.05) is 23.7 Å². The molecule has 0 unspecified atom stereocenters. The quantitative estimate of drug-likeness (QED) is 0.889. The zero-order valence-electron chi connectivity index (χ0n) is 13.1. The monoisotopic (exact) mass is 348 g/mol. The molecule has 0 bridgehead atoms. The zero-order chi connectivity index (χ0) is 17.1. The maximum atomic E-state index is 13.1. The van der Waals surface area contributed by atoms with Crippen molar-refractivity contribution in [1.29, 1.82) is 0 Å². The van der Waals surface area contributed by atoms with E-state index in [2.05, 4.69) is 15.6 Å². The average molecular weight is 348 g/mol. The van der Waals surface area contributed by atoms with E-state index in [0.717, 1.165) is 17.0 Å². The minimum absolute atomic E-state index is 0.146. The van der Waals surface area contributed by atoms with Crippen LogP contribution in [0.15, 0.2) is 24.3 Å². The molecule has 0 atom stereocenters. The first-order chi connectivity index (χ1) is 11.5. The van der Waals surface area contributed by atoms with E-state index in [9.17, 15) is 14.0 Å². The Hall–Kier alpha value is -2.32. The molecule has 24 heavy (non-hydrogen) atoms. The first-order valence-electron chi connectivity index (χ1n) is 7.53. The number of amides is 2. The van der Waals surface area contributed by atoms with E-state index in [1.807, 2.05) is 4.90 Å². The van der Waals surface area contributed by atoms with Crippen LogP contribution in [0.1, 0.15) is 17.5 Å². The van der Waals surface area contributed by atoms with Crippen LogP contribution in [0.4, 0.5) is 15.2 Å². The third kappa shape index (κ3) is 4.15. The fourth-order valence-corrected chi connectivity index (χ4v) is 3.65. The fraction of sp³-hybridized carbons (Fsp3) is 0.312. The molecule has 1 aromatic carbocycles.